The SMILES string of the molecule is CCCC([O])c1c(C)cc(C)cc1C. The van der Waals surface area contributed by atoms with E-state index in [-0.39, 0.29) is 0 Å². The van der Waals surface area contributed by atoms with E-state index in [9.17, 15) is 5.11 Å². The number of hydrogen-bond acceptors (Lipinski definition) is 0. The molecule has 1 nitrogen and oxygen atoms in total. The fourth-order valence-electron chi connectivity index (χ4n) is 2.11. The van der Waals surface area contributed by atoms with Gasteiger partial charge in [-0.15, -0.1) is 0 Å². The van der Waals surface area contributed by atoms with Crippen molar-refractivity contribution in [1.29, 1.82) is 0 Å². The molecule has 0 amide bonds. The highest BCUT2D eigenvalue weighted by molar-refractivity contribution is 5.38. The molecule has 0 spiro atoms. The van der Waals surface area contributed by atoms with Gasteiger partial charge in [0.2, 0.25) is 0 Å². The van der Waals surface area contributed by atoms with Crippen LogP contribution in [0.5, 0.6) is 0 Å². The summed E-state index contributed by atoms with van der Waals surface area (Å²) in [5.74, 6) is 0. The molecule has 0 heterocycles. The van der Waals surface area contributed by atoms with E-state index in [0.717, 1.165) is 29.5 Å². The first-order valence-corrected chi connectivity index (χ1v) is 5.29. The van der Waals surface area contributed by atoms with E-state index in [1.807, 2.05) is 13.8 Å². The molecule has 1 atom stereocenters. The van der Waals surface area contributed by atoms with Crippen molar-refractivity contribution >= 4 is 0 Å². The summed E-state index contributed by atoms with van der Waals surface area (Å²) in [6, 6.07) is 4.20. The number of rotatable bonds is 3. The van der Waals surface area contributed by atoms with E-state index in [1.54, 1.807) is 0 Å². The van der Waals surface area contributed by atoms with E-state index in [1.165, 1.54) is 5.56 Å². The van der Waals surface area contributed by atoms with E-state index in [2.05, 4.69) is 26.0 Å². The predicted octanol–water partition coefficient (Wildman–Crippen LogP) is 3.88. The minimum absolute atomic E-state index is 0.541. The van der Waals surface area contributed by atoms with E-state index in [0.29, 0.717) is 0 Å². The Labute approximate surface area is 86.8 Å². The molecular weight excluding hydrogens is 172 g/mol. The first-order chi connectivity index (χ1) is 6.56. The van der Waals surface area contributed by atoms with Crippen molar-refractivity contribution < 1.29 is 5.11 Å². The fraction of sp³-hybridized carbons (Fsp3) is 0.538. The predicted molar refractivity (Wildman–Crippen MR) is 59.0 cm³/mol. The number of hydrogen-bond donors (Lipinski definition) is 0. The lowest BCUT2D eigenvalue weighted by atomic mass is 9.94. The van der Waals surface area contributed by atoms with Crippen LogP contribution < -0.4 is 0 Å². The summed E-state index contributed by atoms with van der Waals surface area (Å²) in [5, 5.41) is 11.9. The summed E-state index contributed by atoms with van der Waals surface area (Å²) >= 11 is 0. The van der Waals surface area contributed by atoms with E-state index >= 15 is 0 Å². The van der Waals surface area contributed by atoms with Crippen molar-refractivity contribution in [1.82, 2.24) is 0 Å². The molecule has 0 bridgehead atoms. The average molecular weight is 191 g/mol. The number of aryl methyl sites for hydroxylation is 3. The summed E-state index contributed by atoms with van der Waals surface area (Å²) in [7, 11) is 0. The summed E-state index contributed by atoms with van der Waals surface area (Å²) in [6.07, 6.45) is 1.16. The summed E-state index contributed by atoms with van der Waals surface area (Å²) in [5.41, 5.74) is 4.55. The summed E-state index contributed by atoms with van der Waals surface area (Å²) < 4.78 is 0. The van der Waals surface area contributed by atoms with Gasteiger partial charge in [0.25, 0.3) is 0 Å². The molecule has 0 fully saturated rings. The molecule has 1 aromatic carbocycles. The Bertz CT molecular complexity index is 292. The molecule has 1 unspecified atom stereocenters. The topological polar surface area (TPSA) is 19.9 Å². The van der Waals surface area contributed by atoms with E-state index in [4.69, 9.17) is 0 Å². The Morgan fingerprint density at radius 1 is 1.14 bits per heavy atom. The molecule has 0 aromatic heterocycles. The Morgan fingerprint density at radius 2 is 1.64 bits per heavy atom. The van der Waals surface area contributed by atoms with Gasteiger partial charge < -0.3 is 0 Å². The smallest absolute Gasteiger partial charge is 0.118 e. The minimum atomic E-state index is -0.541. The molecule has 77 valence electrons. The van der Waals surface area contributed by atoms with Crippen LogP contribution in [0.1, 0.15) is 48.1 Å². The molecule has 1 radical (unpaired) electrons. The van der Waals surface area contributed by atoms with E-state index < -0.39 is 6.10 Å². The Kier molecular flexibility index (Phi) is 3.70. The third kappa shape index (κ3) is 2.36. The fourth-order valence-corrected chi connectivity index (χ4v) is 2.11. The van der Waals surface area contributed by atoms with Crippen LogP contribution >= 0.6 is 0 Å². The Morgan fingerprint density at radius 3 is 2.07 bits per heavy atom. The van der Waals surface area contributed by atoms with Crippen LogP contribution in [-0.4, -0.2) is 0 Å². The quantitative estimate of drug-likeness (QED) is 0.691. The van der Waals surface area contributed by atoms with Crippen LogP contribution in [0.15, 0.2) is 12.1 Å². The highest BCUT2D eigenvalue weighted by atomic mass is 16.3. The van der Waals surface area contributed by atoms with Crippen molar-refractivity contribution in [2.45, 2.75) is 46.6 Å². The lowest BCUT2D eigenvalue weighted by Gasteiger charge is -2.14. The summed E-state index contributed by atoms with van der Waals surface area (Å²) in [4.78, 5) is 0. The molecule has 14 heavy (non-hydrogen) atoms. The van der Waals surface area contributed by atoms with Gasteiger partial charge in [-0.1, -0.05) is 31.0 Å². The molecule has 0 saturated heterocycles. The van der Waals surface area contributed by atoms with Gasteiger partial charge in [-0.3, -0.25) is 0 Å². The first kappa shape index (κ1) is 11.3. The van der Waals surface area contributed by atoms with Crippen molar-refractivity contribution in [3.8, 4) is 0 Å². The van der Waals surface area contributed by atoms with Crippen LogP contribution in [0.25, 0.3) is 0 Å². The van der Waals surface area contributed by atoms with Crippen LogP contribution in [0.4, 0.5) is 0 Å². The van der Waals surface area contributed by atoms with Gasteiger partial charge in [0.15, 0.2) is 0 Å². The minimum Gasteiger partial charge on any atom is -0.228 e. The maximum atomic E-state index is 11.9. The standard InChI is InChI=1S/C13H19O/c1-5-6-12(14)13-10(3)7-9(2)8-11(13)4/h7-8,12H,5-6H2,1-4H3. The molecule has 1 aromatic rings. The molecule has 0 saturated carbocycles. The van der Waals surface area contributed by atoms with Gasteiger partial charge in [0, 0.05) is 0 Å². The molecule has 0 aliphatic heterocycles. The second-order valence-electron chi connectivity index (χ2n) is 4.09. The van der Waals surface area contributed by atoms with Crippen molar-refractivity contribution in [3.05, 3.63) is 34.4 Å². The Balaban J connectivity index is 3.07. The molecule has 0 aliphatic carbocycles. The van der Waals surface area contributed by atoms with Gasteiger partial charge in [0.05, 0.1) is 0 Å². The van der Waals surface area contributed by atoms with Gasteiger partial charge in [0.1, 0.15) is 6.10 Å². The number of benzene rings is 1. The third-order valence-electron chi connectivity index (χ3n) is 2.61. The molecule has 1 heteroatoms. The zero-order valence-corrected chi connectivity index (χ0v) is 9.55. The highest BCUT2D eigenvalue weighted by Crippen LogP contribution is 2.26. The van der Waals surface area contributed by atoms with Crippen LogP contribution in [-0.2, 0) is 5.11 Å². The monoisotopic (exact) mass is 191 g/mol. The molecule has 0 N–H and O–H groups in total. The zero-order chi connectivity index (χ0) is 10.7. The van der Waals surface area contributed by atoms with Crippen LogP contribution in [0.3, 0.4) is 0 Å². The highest BCUT2D eigenvalue weighted by Gasteiger charge is 2.13. The lowest BCUT2D eigenvalue weighted by Crippen LogP contribution is -2.01. The first-order valence-electron chi connectivity index (χ1n) is 5.29. The average Bonchev–Trinajstić information content (AvgIpc) is 2.01. The molecule has 1 rings (SSSR count). The summed E-state index contributed by atoms with van der Waals surface area (Å²) in [6.45, 7) is 8.21. The van der Waals surface area contributed by atoms with Gasteiger partial charge in [-0.2, -0.15) is 0 Å². The van der Waals surface area contributed by atoms with Crippen LogP contribution in [0.2, 0.25) is 0 Å². The molecular formula is C13H19O. The third-order valence-corrected chi connectivity index (χ3v) is 2.61. The normalized spacial score (nSPS) is 12.9. The second-order valence-corrected chi connectivity index (χ2v) is 4.09. The molecule has 0 aliphatic rings. The van der Waals surface area contributed by atoms with Crippen molar-refractivity contribution in [2.24, 2.45) is 0 Å². The van der Waals surface area contributed by atoms with Crippen molar-refractivity contribution in [3.63, 3.8) is 0 Å². The van der Waals surface area contributed by atoms with Crippen LogP contribution in [0, 0.1) is 20.8 Å². The second kappa shape index (κ2) is 4.61. The Hall–Kier alpha value is -0.820. The largest absolute Gasteiger partial charge is 0.228 e. The van der Waals surface area contributed by atoms with Gasteiger partial charge >= 0.3 is 0 Å². The van der Waals surface area contributed by atoms with Gasteiger partial charge in [-0.25, -0.2) is 5.11 Å². The maximum absolute atomic E-state index is 11.9. The maximum Gasteiger partial charge on any atom is 0.118 e. The van der Waals surface area contributed by atoms with Crippen molar-refractivity contribution in [2.75, 3.05) is 0 Å². The van der Waals surface area contributed by atoms with Gasteiger partial charge in [-0.05, 0) is 43.9 Å². The zero-order valence-electron chi connectivity index (χ0n) is 9.55. The lowest BCUT2D eigenvalue weighted by molar-refractivity contribution is 0.0794.